The number of rotatable bonds is 1. The molecule has 0 aromatic carbocycles. The molecule has 5 nitrogen and oxygen atoms in total. The number of amides is 1. The molecule has 1 heterocycles. The fraction of sp³-hybridized carbons (Fsp3) is 0.167. The van der Waals surface area contributed by atoms with Gasteiger partial charge in [-0.2, -0.15) is 5.26 Å². The van der Waals surface area contributed by atoms with E-state index in [1.807, 2.05) is 5.32 Å². The van der Waals surface area contributed by atoms with Crippen molar-refractivity contribution in [1.82, 2.24) is 10.5 Å². The van der Waals surface area contributed by atoms with E-state index in [9.17, 15) is 4.79 Å². The van der Waals surface area contributed by atoms with Crippen molar-refractivity contribution in [2.75, 3.05) is 0 Å². The van der Waals surface area contributed by atoms with Gasteiger partial charge in [0.15, 0.2) is 11.9 Å². The number of aryl methyl sites for hydroxylation is 1. The molecule has 11 heavy (non-hydrogen) atoms. The number of nitrogens with one attached hydrogen (secondary N) is 1. The average Bonchev–Trinajstić information content (AvgIpc) is 2.36. The van der Waals surface area contributed by atoms with E-state index in [1.54, 1.807) is 6.92 Å². The summed E-state index contributed by atoms with van der Waals surface area (Å²) in [4.78, 5) is 10.8. The second-order valence-corrected chi connectivity index (χ2v) is 1.89. The maximum absolute atomic E-state index is 10.8. The summed E-state index contributed by atoms with van der Waals surface area (Å²) >= 11 is 0. The fourth-order valence-corrected chi connectivity index (χ4v) is 0.588. The molecule has 0 bridgehead atoms. The van der Waals surface area contributed by atoms with Crippen LogP contribution >= 0.6 is 0 Å². The molecule has 0 atom stereocenters. The number of nitriles is 1. The van der Waals surface area contributed by atoms with Crippen molar-refractivity contribution in [1.29, 1.82) is 5.26 Å². The molecule has 1 amide bonds. The van der Waals surface area contributed by atoms with Gasteiger partial charge in [-0.1, -0.05) is 5.16 Å². The van der Waals surface area contributed by atoms with Crippen molar-refractivity contribution in [3.8, 4) is 6.19 Å². The second-order valence-electron chi connectivity index (χ2n) is 1.89. The number of hydrogen-bond donors (Lipinski definition) is 1. The third-order valence-corrected chi connectivity index (χ3v) is 1.03. The zero-order valence-electron chi connectivity index (χ0n) is 5.79. The highest BCUT2D eigenvalue weighted by Gasteiger charge is 2.08. The molecule has 1 rings (SSSR count). The van der Waals surface area contributed by atoms with Gasteiger partial charge in [0.05, 0.1) is 0 Å². The standard InChI is InChI=1S/C6H5N3O2/c1-4-2-5(9-11-4)6(10)8-3-7/h2H,1H3,(H,8,10). The number of carbonyl (C=O) groups excluding carboxylic acids is 1. The van der Waals surface area contributed by atoms with Crippen LogP contribution in [0.1, 0.15) is 16.2 Å². The molecule has 0 aliphatic heterocycles. The van der Waals surface area contributed by atoms with Crippen molar-refractivity contribution in [3.63, 3.8) is 0 Å². The first-order valence-electron chi connectivity index (χ1n) is 2.87. The summed E-state index contributed by atoms with van der Waals surface area (Å²) in [7, 11) is 0. The predicted molar refractivity (Wildman–Crippen MR) is 34.3 cm³/mol. The van der Waals surface area contributed by atoms with E-state index in [1.165, 1.54) is 12.3 Å². The molecular weight excluding hydrogens is 146 g/mol. The van der Waals surface area contributed by atoms with Crippen molar-refractivity contribution in [2.24, 2.45) is 0 Å². The Balaban J connectivity index is 2.78. The Morgan fingerprint density at radius 1 is 1.91 bits per heavy atom. The second kappa shape index (κ2) is 2.84. The lowest BCUT2D eigenvalue weighted by Crippen LogP contribution is -2.17. The summed E-state index contributed by atoms with van der Waals surface area (Å²) in [5.41, 5.74) is 0.115. The highest BCUT2D eigenvalue weighted by molar-refractivity contribution is 5.93. The van der Waals surface area contributed by atoms with Gasteiger partial charge in [0.1, 0.15) is 5.76 Å². The maximum Gasteiger partial charge on any atom is 0.286 e. The van der Waals surface area contributed by atoms with Gasteiger partial charge in [-0.3, -0.25) is 10.1 Å². The van der Waals surface area contributed by atoms with Crippen LogP contribution in [-0.4, -0.2) is 11.1 Å². The highest BCUT2D eigenvalue weighted by atomic mass is 16.5. The van der Waals surface area contributed by atoms with Gasteiger partial charge in [-0.15, -0.1) is 0 Å². The van der Waals surface area contributed by atoms with E-state index in [-0.39, 0.29) is 5.69 Å². The monoisotopic (exact) mass is 151 g/mol. The zero-order chi connectivity index (χ0) is 8.27. The normalized spacial score (nSPS) is 8.73. The van der Waals surface area contributed by atoms with Crippen molar-refractivity contribution in [2.45, 2.75) is 6.92 Å². The lowest BCUT2D eigenvalue weighted by atomic mass is 10.4. The van der Waals surface area contributed by atoms with Crippen LogP contribution in [-0.2, 0) is 0 Å². The van der Waals surface area contributed by atoms with Crippen LogP contribution in [0.3, 0.4) is 0 Å². The molecule has 0 saturated carbocycles. The van der Waals surface area contributed by atoms with Gasteiger partial charge in [0.2, 0.25) is 0 Å². The predicted octanol–water partition coefficient (Wildman–Crippen LogP) is 0.194. The van der Waals surface area contributed by atoms with Crippen LogP contribution in [0.15, 0.2) is 10.6 Å². The van der Waals surface area contributed by atoms with E-state index in [0.29, 0.717) is 5.76 Å². The largest absolute Gasteiger partial charge is 0.361 e. The molecule has 0 aliphatic rings. The van der Waals surface area contributed by atoms with Crippen molar-refractivity contribution >= 4 is 5.91 Å². The Hall–Kier alpha value is -1.83. The number of carbonyl (C=O) groups is 1. The molecule has 0 aliphatic carbocycles. The third kappa shape index (κ3) is 1.55. The Bertz CT molecular complexity index is 310. The summed E-state index contributed by atoms with van der Waals surface area (Å²) in [5.74, 6) is -0.0163. The molecule has 1 aromatic rings. The quantitative estimate of drug-likeness (QED) is 0.459. The van der Waals surface area contributed by atoms with E-state index in [2.05, 4.69) is 9.68 Å². The minimum atomic E-state index is -0.552. The van der Waals surface area contributed by atoms with Crippen molar-refractivity contribution < 1.29 is 9.32 Å². The molecular formula is C6H5N3O2. The lowest BCUT2D eigenvalue weighted by molar-refractivity contribution is 0.0964. The number of aromatic nitrogens is 1. The summed E-state index contributed by atoms with van der Waals surface area (Å²) in [6, 6.07) is 1.45. The van der Waals surface area contributed by atoms with Gasteiger partial charge >= 0.3 is 0 Å². The molecule has 1 N–H and O–H groups in total. The van der Waals surface area contributed by atoms with Crippen LogP contribution < -0.4 is 5.32 Å². The molecule has 0 unspecified atom stereocenters. The van der Waals surface area contributed by atoms with E-state index in [0.717, 1.165) is 0 Å². The lowest BCUT2D eigenvalue weighted by Gasteiger charge is -1.85. The Labute approximate surface area is 62.6 Å². The molecule has 56 valence electrons. The summed E-state index contributed by atoms with van der Waals surface area (Å²) in [5, 5.41) is 13.4. The van der Waals surface area contributed by atoms with Gasteiger partial charge in [-0.25, -0.2) is 0 Å². The first-order valence-corrected chi connectivity index (χ1v) is 2.87. The van der Waals surface area contributed by atoms with Crippen LogP contribution in [0.2, 0.25) is 0 Å². The summed E-state index contributed by atoms with van der Waals surface area (Å²) in [6.45, 7) is 1.66. The van der Waals surface area contributed by atoms with Gasteiger partial charge in [-0.05, 0) is 6.92 Å². The van der Waals surface area contributed by atoms with Gasteiger partial charge in [0, 0.05) is 6.07 Å². The van der Waals surface area contributed by atoms with E-state index < -0.39 is 5.91 Å². The summed E-state index contributed by atoms with van der Waals surface area (Å²) in [6.07, 6.45) is 1.49. The zero-order valence-corrected chi connectivity index (χ0v) is 5.79. The number of nitrogens with zero attached hydrogens (tertiary/aromatic N) is 2. The third-order valence-electron chi connectivity index (χ3n) is 1.03. The first kappa shape index (κ1) is 7.28. The van der Waals surface area contributed by atoms with Crippen LogP contribution in [0.25, 0.3) is 0 Å². The minimum Gasteiger partial charge on any atom is -0.361 e. The Morgan fingerprint density at radius 3 is 3.09 bits per heavy atom. The fourth-order valence-electron chi connectivity index (χ4n) is 0.588. The van der Waals surface area contributed by atoms with E-state index in [4.69, 9.17) is 5.26 Å². The Morgan fingerprint density at radius 2 is 2.64 bits per heavy atom. The summed E-state index contributed by atoms with van der Waals surface area (Å²) < 4.78 is 4.61. The van der Waals surface area contributed by atoms with Crippen LogP contribution in [0.5, 0.6) is 0 Å². The SMILES string of the molecule is Cc1cc(C(=O)NC#N)no1. The van der Waals surface area contributed by atoms with Crippen molar-refractivity contribution in [3.05, 3.63) is 17.5 Å². The highest BCUT2D eigenvalue weighted by Crippen LogP contribution is 2.00. The molecule has 0 radical (unpaired) electrons. The Kier molecular flexibility index (Phi) is 1.88. The van der Waals surface area contributed by atoms with Crippen LogP contribution in [0.4, 0.5) is 0 Å². The molecule has 1 aromatic heterocycles. The van der Waals surface area contributed by atoms with E-state index >= 15 is 0 Å². The van der Waals surface area contributed by atoms with Gasteiger partial charge in [0.25, 0.3) is 5.91 Å². The molecule has 5 heteroatoms. The number of hydrogen-bond acceptors (Lipinski definition) is 4. The molecule has 0 saturated heterocycles. The van der Waals surface area contributed by atoms with Gasteiger partial charge < -0.3 is 4.52 Å². The topological polar surface area (TPSA) is 78.9 Å². The smallest absolute Gasteiger partial charge is 0.286 e. The first-order chi connectivity index (χ1) is 5.24. The van der Waals surface area contributed by atoms with Crippen LogP contribution in [0, 0.1) is 18.4 Å². The molecule has 0 fully saturated rings. The molecule has 0 spiro atoms. The maximum atomic E-state index is 10.8. The minimum absolute atomic E-state index is 0.115. The average molecular weight is 151 g/mol.